The Morgan fingerprint density at radius 1 is 1.27 bits per heavy atom. The van der Waals surface area contributed by atoms with Crippen LogP contribution in [0.5, 0.6) is 0 Å². The molecule has 0 bridgehead atoms. The summed E-state index contributed by atoms with van der Waals surface area (Å²) in [5, 5.41) is 14.6. The van der Waals surface area contributed by atoms with Gasteiger partial charge < -0.3 is 24.4 Å². The number of ether oxygens (including phenoxy) is 3. The maximum absolute atomic E-state index is 14.0. The maximum atomic E-state index is 14.0. The molecule has 212 valence electrons. The summed E-state index contributed by atoms with van der Waals surface area (Å²) in [6.07, 6.45) is 2.03. The minimum Gasteiger partial charge on any atom is -0.444 e. The topological polar surface area (TPSA) is 119 Å². The number of anilines is 1. The molecule has 1 N–H and O–H groups in total. The summed E-state index contributed by atoms with van der Waals surface area (Å²) >= 11 is 1.36. The Labute approximate surface area is 237 Å². The number of hydrogen-bond acceptors (Lipinski definition) is 9. The van der Waals surface area contributed by atoms with Crippen LogP contribution in [0, 0.1) is 11.3 Å². The maximum Gasteiger partial charge on any atom is 0.407 e. The molecule has 2 aliphatic rings. The Kier molecular flexibility index (Phi) is 8.40. The lowest BCUT2D eigenvalue weighted by Crippen LogP contribution is -2.50. The second kappa shape index (κ2) is 12.0. The zero-order valence-electron chi connectivity index (χ0n) is 23.1. The second-order valence-electron chi connectivity index (χ2n) is 11.2. The molecule has 1 aromatic carbocycles. The molecule has 0 saturated carbocycles. The third kappa shape index (κ3) is 6.46. The summed E-state index contributed by atoms with van der Waals surface area (Å²) in [4.78, 5) is 33.6. The summed E-state index contributed by atoms with van der Waals surface area (Å²) in [5.41, 5.74) is 2.02. The van der Waals surface area contributed by atoms with Gasteiger partial charge in [-0.15, -0.1) is 11.3 Å². The number of nitriles is 1. The number of amides is 1. The molecule has 1 unspecified atom stereocenters. The van der Waals surface area contributed by atoms with Gasteiger partial charge in [-0.25, -0.2) is 9.78 Å². The van der Waals surface area contributed by atoms with Crippen LogP contribution < -0.4 is 15.8 Å². The first-order valence-corrected chi connectivity index (χ1v) is 14.5. The lowest BCUT2D eigenvalue weighted by molar-refractivity contribution is 0.0323. The quantitative estimate of drug-likeness (QED) is 0.453. The van der Waals surface area contributed by atoms with E-state index in [1.54, 1.807) is 10.6 Å². The summed E-state index contributed by atoms with van der Waals surface area (Å²) in [6.45, 7) is 8.49. The Morgan fingerprint density at radius 3 is 2.85 bits per heavy atom. The summed E-state index contributed by atoms with van der Waals surface area (Å²) in [7, 11) is 0. The van der Waals surface area contributed by atoms with Gasteiger partial charge in [-0.05, 0) is 57.0 Å². The monoisotopic (exact) mass is 565 g/mol. The molecule has 1 amide bonds. The number of carbonyl (C=O) groups is 1. The van der Waals surface area contributed by atoms with Crippen molar-refractivity contribution in [3.63, 3.8) is 0 Å². The van der Waals surface area contributed by atoms with Crippen molar-refractivity contribution < 1.29 is 19.0 Å². The highest BCUT2D eigenvalue weighted by Crippen LogP contribution is 2.28. The minimum atomic E-state index is -0.596. The number of fused-ring (bicyclic) bond motifs is 1. The van der Waals surface area contributed by atoms with Gasteiger partial charge in [-0.3, -0.25) is 9.36 Å². The first-order chi connectivity index (χ1) is 19.2. The third-order valence-electron chi connectivity index (χ3n) is 6.98. The number of piperidine rings is 1. The highest BCUT2D eigenvalue weighted by atomic mass is 32.1. The van der Waals surface area contributed by atoms with E-state index in [2.05, 4.69) is 16.3 Å². The predicted octanol–water partition coefficient (Wildman–Crippen LogP) is 4.18. The number of nitrogens with one attached hydrogen (secondary N) is 1. The lowest BCUT2D eigenvalue weighted by atomic mass is 10.1. The molecule has 2 aromatic heterocycles. The number of rotatable bonds is 7. The highest BCUT2D eigenvalue weighted by molar-refractivity contribution is 7.17. The standard InChI is InChI=1S/C29H35N5O5S/c1-29(2,3)39-28(36)31-22-9-6-11-33(15-22)27-32-24-21(16-38-23-10-12-37-17-23)18-40-25(24)26(35)34(27)14-20-8-5-4-7-19(20)13-30/h4-5,7-8,18,22-23H,6,9-12,14-17H2,1-3H3,(H,31,36)/t22?,23-/m0/s1. The first kappa shape index (κ1) is 28.1. The molecule has 0 aliphatic carbocycles. The molecule has 10 nitrogen and oxygen atoms in total. The summed E-state index contributed by atoms with van der Waals surface area (Å²) < 4.78 is 19.2. The summed E-state index contributed by atoms with van der Waals surface area (Å²) in [6, 6.07) is 9.35. The van der Waals surface area contributed by atoms with Gasteiger partial charge in [0.25, 0.3) is 5.56 Å². The van der Waals surface area contributed by atoms with Gasteiger partial charge in [0.15, 0.2) is 0 Å². The number of alkyl carbamates (subject to hydrolysis) is 1. The van der Waals surface area contributed by atoms with Crippen LogP contribution in [0.4, 0.5) is 10.7 Å². The first-order valence-electron chi connectivity index (χ1n) is 13.6. The van der Waals surface area contributed by atoms with E-state index in [-0.39, 0.29) is 24.2 Å². The van der Waals surface area contributed by atoms with Gasteiger partial charge in [0, 0.05) is 31.3 Å². The minimum absolute atomic E-state index is 0.0408. The average Bonchev–Trinajstić information content (AvgIpc) is 3.58. The number of carbonyl (C=O) groups excluding carboxylic acids is 1. The van der Waals surface area contributed by atoms with Gasteiger partial charge in [0.1, 0.15) is 10.3 Å². The molecule has 0 radical (unpaired) electrons. The van der Waals surface area contributed by atoms with Crippen molar-refractivity contribution in [1.82, 2.24) is 14.9 Å². The molecule has 2 saturated heterocycles. The van der Waals surface area contributed by atoms with E-state index >= 15 is 0 Å². The van der Waals surface area contributed by atoms with Gasteiger partial charge in [0.2, 0.25) is 5.95 Å². The number of aromatic nitrogens is 2. The van der Waals surface area contributed by atoms with Gasteiger partial charge in [-0.2, -0.15) is 5.26 Å². The zero-order chi connectivity index (χ0) is 28.3. The van der Waals surface area contributed by atoms with E-state index in [1.165, 1.54) is 11.3 Å². The van der Waals surface area contributed by atoms with Crippen molar-refractivity contribution in [2.75, 3.05) is 31.2 Å². The van der Waals surface area contributed by atoms with Crippen LogP contribution in [-0.4, -0.2) is 59.7 Å². The molecule has 2 aliphatic heterocycles. The Hall–Kier alpha value is -3.46. The van der Waals surface area contributed by atoms with Crippen LogP contribution in [0.2, 0.25) is 0 Å². The van der Waals surface area contributed by atoms with Crippen molar-refractivity contribution >= 4 is 33.6 Å². The molecule has 11 heteroatoms. The Balaban J connectivity index is 1.49. The number of thiophene rings is 1. The summed E-state index contributed by atoms with van der Waals surface area (Å²) in [5.74, 6) is 0.518. The van der Waals surface area contributed by atoms with Gasteiger partial charge in [-0.1, -0.05) is 18.2 Å². The lowest BCUT2D eigenvalue weighted by Gasteiger charge is -2.35. The number of nitrogens with zero attached hydrogens (tertiary/aromatic N) is 4. The highest BCUT2D eigenvalue weighted by Gasteiger charge is 2.28. The predicted molar refractivity (Wildman–Crippen MR) is 153 cm³/mol. The smallest absolute Gasteiger partial charge is 0.407 e. The normalized spacial score (nSPS) is 19.5. The van der Waals surface area contributed by atoms with Crippen molar-refractivity contribution in [2.24, 2.45) is 0 Å². The van der Waals surface area contributed by atoms with Crippen LogP contribution in [0.15, 0.2) is 34.4 Å². The van der Waals surface area contributed by atoms with Crippen molar-refractivity contribution in [1.29, 1.82) is 5.26 Å². The van der Waals surface area contributed by atoms with Crippen LogP contribution in [0.1, 0.15) is 56.7 Å². The van der Waals surface area contributed by atoms with E-state index in [0.29, 0.717) is 54.6 Å². The molecular formula is C29H35N5O5S. The van der Waals surface area contributed by atoms with E-state index in [9.17, 15) is 14.9 Å². The fourth-order valence-corrected chi connectivity index (χ4v) is 6.00. The zero-order valence-corrected chi connectivity index (χ0v) is 24.0. The van der Waals surface area contributed by atoms with E-state index in [1.807, 2.05) is 44.4 Å². The third-order valence-corrected chi connectivity index (χ3v) is 7.99. The SMILES string of the molecule is CC(C)(C)OC(=O)NC1CCCN(c2nc3c(CO[C@H]4CCOC4)csc3c(=O)n2Cc2ccccc2C#N)C1. The fourth-order valence-electron chi connectivity index (χ4n) is 5.06. The Morgan fingerprint density at radius 2 is 2.10 bits per heavy atom. The van der Waals surface area contributed by atoms with Crippen LogP contribution in [0.25, 0.3) is 10.2 Å². The van der Waals surface area contributed by atoms with E-state index in [4.69, 9.17) is 19.2 Å². The largest absolute Gasteiger partial charge is 0.444 e. The van der Waals surface area contributed by atoms with Crippen LogP contribution in [-0.2, 0) is 27.4 Å². The number of hydrogen-bond donors (Lipinski definition) is 1. The molecule has 0 spiro atoms. The number of benzene rings is 1. The fraction of sp³-hybridized carbons (Fsp3) is 0.517. The second-order valence-corrected chi connectivity index (χ2v) is 12.1. The molecule has 4 heterocycles. The van der Waals surface area contributed by atoms with Crippen LogP contribution >= 0.6 is 11.3 Å². The van der Waals surface area contributed by atoms with Crippen molar-refractivity contribution in [3.05, 3.63) is 56.7 Å². The van der Waals surface area contributed by atoms with E-state index < -0.39 is 11.7 Å². The van der Waals surface area contributed by atoms with Crippen molar-refractivity contribution in [3.8, 4) is 6.07 Å². The molecule has 3 aromatic rings. The Bertz CT molecular complexity index is 1460. The molecule has 5 rings (SSSR count). The molecular weight excluding hydrogens is 530 g/mol. The molecule has 2 fully saturated rings. The van der Waals surface area contributed by atoms with Gasteiger partial charge >= 0.3 is 6.09 Å². The van der Waals surface area contributed by atoms with Crippen molar-refractivity contribution in [2.45, 2.75) is 70.9 Å². The van der Waals surface area contributed by atoms with Crippen LogP contribution in [0.3, 0.4) is 0 Å². The molecule has 2 atom stereocenters. The van der Waals surface area contributed by atoms with E-state index in [0.717, 1.165) is 30.4 Å². The van der Waals surface area contributed by atoms with Gasteiger partial charge in [0.05, 0.1) is 43.0 Å². The molecule has 40 heavy (non-hydrogen) atoms. The average molecular weight is 566 g/mol.